The average molecular weight is 196 g/mol. The standard InChI is InChI=1S/C7H4F4O2/c8-4-2-7(10,11)1-3(5(4)9)6(12)13/h2H,1H2,(H,12,13). The molecule has 0 aromatic carbocycles. The Hall–Kier alpha value is -1.33. The number of hydrogen-bond acceptors (Lipinski definition) is 1. The zero-order valence-corrected chi connectivity index (χ0v) is 6.15. The molecule has 0 bridgehead atoms. The van der Waals surface area contributed by atoms with Gasteiger partial charge in [-0.25, -0.2) is 22.4 Å². The number of carbonyl (C=O) groups is 1. The van der Waals surface area contributed by atoms with Gasteiger partial charge in [-0.2, -0.15) is 0 Å². The molecule has 0 unspecified atom stereocenters. The number of allylic oxidation sites excluding steroid dienone is 3. The molecule has 0 saturated carbocycles. The fourth-order valence-electron chi connectivity index (χ4n) is 0.927. The van der Waals surface area contributed by atoms with Gasteiger partial charge in [0.15, 0.2) is 11.7 Å². The van der Waals surface area contributed by atoms with Crippen LogP contribution < -0.4 is 0 Å². The quantitative estimate of drug-likeness (QED) is 0.652. The van der Waals surface area contributed by atoms with Gasteiger partial charge < -0.3 is 5.11 Å². The van der Waals surface area contributed by atoms with Gasteiger partial charge >= 0.3 is 5.97 Å². The second kappa shape index (κ2) is 2.86. The molecule has 0 fully saturated rings. The van der Waals surface area contributed by atoms with Crippen LogP contribution in [0.1, 0.15) is 6.42 Å². The summed E-state index contributed by atoms with van der Waals surface area (Å²) < 4.78 is 49.8. The van der Waals surface area contributed by atoms with E-state index in [2.05, 4.69) is 0 Å². The van der Waals surface area contributed by atoms with Crippen LogP contribution in [0.3, 0.4) is 0 Å². The summed E-state index contributed by atoms with van der Waals surface area (Å²) in [5, 5.41) is 8.23. The van der Waals surface area contributed by atoms with Crippen molar-refractivity contribution in [2.75, 3.05) is 0 Å². The molecule has 0 aliphatic heterocycles. The molecule has 0 heterocycles. The van der Waals surface area contributed by atoms with Crippen molar-refractivity contribution in [2.24, 2.45) is 0 Å². The van der Waals surface area contributed by atoms with Crippen LogP contribution >= 0.6 is 0 Å². The van der Waals surface area contributed by atoms with E-state index < -0.39 is 35.5 Å². The molecule has 13 heavy (non-hydrogen) atoms. The summed E-state index contributed by atoms with van der Waals surface area (Å²) in [5.74, 6) is -9.06. The summed E-state index contributed by atoms with van der Waals surface area (Å²) in [6.07, 6.45) is -1.55. The molecule has 0 radical (unpaired) electrons. The van der Waals surface area contributed by atoms with Gasteiger partial charge in [-0.1, -0.05) is 0 Å². The van der Waals surface area contributed by atoms with Crippen LogP contribution in [0, 0.1) is 0 Å². The highest BCUT2D eigenvalue weighted by molar-refractivity contribution is 5.88. The van der Waals surface area contributed by atoms with Crippen molar-refractivity contribution >= 4 is 5.97 Å². The first-order valence-electron chi connectivity index (χ1n) is 3.22. The van der Waals surface area contributed by atoms with Gasteiger partial charge in [0.25, 0.3) is 5.92 Å². The van der Waals surface area contributed by atoms with E-state index in [1.807, 2.05) is 0 Å². The third kappa shape index (κ3) is 1.88. The summed E-state index contributed by atoms with van der Waals surface area (Å²) in [7, 11) is 0. The normalized spacial score (nSPS) is 21.4. The molecule has 0 saturated heterocycles. The Morgan fingerprint density at radius 2 is 2.00 bits per heavy atom. The van der Waals surface area contributed by atoms with Gasteiger partial charge in [-0.15, -0.1) is 0 Å². The van der Waals surface area contributed by atoms with Gasteiger partial charge in [-0.3, -0.25) is 0 Å². The summed E-state index contributed by atoms with van der Waals surface area (Å²) in [4.78, 5) is 10.2. The molecular weight excluding hydrogens is 192 g/mol. The number of halogens is 4. The van der Waals surface area contributed by atoms with Crippen LogP contribution in [0.2, 0.25) is 0 Å². The maximum absolute atomic E-state index is 12.6. The smallest absolute Gasteiger partial charge is 0.334 e. The Morgan fingerprint density at radius 1 is 1.46 bits per heavy atom. The Balaban J connectivity index is 3.14. The number of carboxylic acid groups (broad SMARTS) is 1. The van der Waals surface area contributed by atoms with Gasteiger partial charge in [-0.05, 0) is 0 Å². The molecule has 6 heteroatoms. The van der Waals surface area contributed by atoms with Crippen molar-refractivity contribution in [1.82, 2.24) is 0 Å². The van der Waals surface area contributed by atoms with E-state index >= 15 is 0 Å². The zero-order chi connectivity index (χ0) is 10.2. The Labute approximate surface area is 70.2 Å². The number of aliphatic carboxylic acids is 1. The molecule has 0 atom stereocenters. The lowest BCUT2D eigenvalue weighted by Crippen LogP contribution is -2.22. The molecule has 1 aliphatic carbocycles. The average Bonchev–Trinajstić information content (AvgIpc) is 1.95. The van der Waals surface area contributed by atoms with Crippen LogP contribution in [-0.2, 0) is 4.79 Å². The first kappa shape index (κ1) is 9.76. The summed E-state index contributed by atoms with van der Waals surface area (Å²) in [6, 6.07) is 0. The van der Waals surface area contributed by atoms with Gasteiger partial charge in [0, 0.05) is 6.08 Å². The third-order valence-corrected chi connectivity index (χ3v) is 1.48. The second-order valence-corrected chi connectivity index (χ2v) is 2.53. The van der Waals surface area contributed by atoms with E-state index in [-0.39, 0.29) is 6.08 Å². The highest BCUT2D eigenvalue weighted by Crippen LogP contribution is 2.36. The maximum Gasteiger partial charge on any atom is 0.334 e. The van der Waals surface area contributed by atoms with E-state index in [1.54, 1.807) is 0 Å². The van der Waals surface area contributed by atoms with Crippen LogP contribution in [-0.4, -0.2) is 17.0 Å². The molecule has 1 N–H and O–H groups in total. The molecule has 1 aliphatic rings. The van der Waals surface area contributed by atoms with Gasteiger partial charge in [0.05, 0.1) is 12.0 Å². The molecule has 0 aromatic rings. The van der Waals surface area contributed by atoms with E-state index in [0.717, 1.165) is 0 Å². The predicted molar refractivity (Wildman–Crippen MR) is 34.5 cm³/mol. The molecule has 0 aromatic heterocycles. The minimum absolute atomic E-state index is 0.227. The van der Waals surface area contributed by atoms with Crippen molar-refractivity contribution in [3.05, 3.63) is 23.3 Å². The van der Waals surface area contributed by atoms with Crippen molar-refractivity contribution in [1.29, 1.82) is 0 Å². The molecular formula is C7H4F4O2. The molecule has 72 valence electrons. The Kier molecular flexibility index (Phi) is 2.15. The van der Waals surface area contributed by atoms with Crippen LogP contribution in [0.5, 0.6) is 0 Å². The minimum Gasteiger partial charge on any atom is -0.478 e. The van der Waals surface area contributed by atoms with Crippen molar-refractivity contribution in [3.8, 4) is 0 Å². The topological polar surface area (TPSA) is 37.3 Å². The summed E-state index contributed by atoms with van der Waals surface area (Å²) in [5.41, 5.74) is -1.23. The van der Waals surface area contributed by atoms with Crippen molar-refractivity contribution < 1.29 is 27.5 Å². The Bertz CT molecular complexity index is 316. The van der Waals surface area contributed by atoms with E-state index in [9.17, 15) is 22.4 Å². The first-order chi connectivity index (χ1) is 5.83. The third-order valence-electron chi connectivity index (χ3n) is 1.48. The van der Waals surface area contributed by atoms with E-state index in [0.29, 0.717) is 0 Å². The largest absolute Gasteiger partial charge is 0.478 e. The van der Waals surface area contributed by atoms with Gasteiger partial charge in [0.2, 0.25) is 0 Å². The van der Waals surface area contributed by atoms with Crippen LogP contribution in [0.4, 0.5) is 17.6 Å². The monoisotopic (exact) mass is 196 g/mol. The van der Waals surface area contributed by atoms with Crippen molar-refractivity contribution in [2.45, 2.75) is 12.3 Å². The first-order valence-corrected chi connectivity index (χ1v) is 3.22. The number of hydrogen-bond donors (Lipinski definition) is 1. The van der Waals surface area contributed by atoms with E-state index in [1.165, 1.54) is 0 Å². The highest BCUT2D eigenvalue weighted by atomic mass is 19.3. The predicted octanol–water partition coefficient (Wildman–Crippen LogP) is 2.19. The zero-order valence-electron chi connectivity index (χ0n) is 6.15. The molecule has 2 nitrogen and oxygen atoms in total. The molecule has 1 rings (SSSR count). The lowest BCUT2D eigenvalue weighted by atomic mass is 10.0. The molecule has 0 spiro atoms. The summed E-state index contributed by atoms with van der Waals surface area (Å²) >= 11 is 0. The lowest BCUT2D eigenvalue weighted by Gasteiger charge is -2.17. The Morgan fingerprint density at radius 3 is 2.46 bits per heavy atom. The highest BCUT2D eigenvalue weighted by Gasteiger charge is 2.38. The number of alkyl halides is 2. The second-order valence-electron chi connectivity index (χ2n) is 2.53. The van der Waals surface area contributed by atoms with E-state index in [4.69, 9.17) is 5.11 Å². The fraction of sp³-hybridized carbons (Fsp3) is 0.286. The SMILES string of the molecule is O=C(O)C1=C(F)C(F)=CC(F)(F)C1. The fourth-order valence-corrected chi connectivity index (χ4v) is 0.927. The maximum atomic E-state index is 12.6. The molecule has 0 amide bonds. The lowest BCUT2D eigenvalue weighted by molar-refractivity contribution is -0.133. The number of rotatable bonds is 1. The van der Waals surface area contributed by atoms with Crippen LogP contribution in [0.25, 0.3) is 0 Å². The van der Waals surface area contributed by atoms with Crippen LogP contribution in [0.15, 0.2) is 23.3 Å². The van der Waals surface area contributed by atoms with Crippen molar-refractivity contribution in [3.63, 3.8) is 0 Å². The van der Waals surface area contributed by atoms with Gasteiger partial charge in [0.1, 0.15) is 0 Å². The number of carboxylic acids is 1. The summed E-state index contributed by atoms with van der Waals surface area (Å²) in [6.45, 7) is 0. The minimum atomic E-state index is -3.63.